The maximum atomic E-state index is 11.1. The van der Waals surface area contributed by atoms with Crippen LogP contribution in [0.5, 0.6) is 0 Å². The summed E-state index contributed by atoms with van der Waals surface area (Å²) < 4.78 is 27.2. The molecule has 0 aliphatic carbocycles. The molecule has 0 radical (unpaired) electrons. The molecule has 560 valence electrons. The number of rotatable bonds is 9. The monoisotopic (exact) mass is 1460 g/mol. The van der Waals surface area contributed by atoms with Crippen LogP contribution < -0.4 is 26.2 Å². The number of para-hydroxylation sites is 4. The van der Waals surface area contributed by atoms with Crippen molar-refractivity contribution in [2.45, 2.75) is 184 Å². The van der Waals surface area contributed by atoms with Crippen molar-refractivity contribution >= 4 is 101 Å². The molecule has 15 aromatic rings. The summed E-state index contributed by atoms with van der Waals surface area (Å²) >= 11 is 0. The second-order valence-corrected chi connectivity index (χ2v) is 39.3. The number of benzene rings is 13. The van der Waals surface area contributed by atoms with E-state index in [-0.39, 0.29) is 32.5 Å². The Morgan fingerprint density at radius 3 is 0.812 bits per heavy atom. The van der Waals surface area contributed by atoms with E-state index in [0.29, 0.717) is 5.56 Å². The molecule has 0 saturated heterocycles. The Labute approximate surface area is 669 Å². The highest BCUT2D eigenvalue weighted by Gasteiger charge is 2.47. The van der Waals surface area contributed by atoms with Crippen molar-refractivity contribution in [3.05, 3.63) is 306 Å². The van der Waals surface area contributed by atoms with Gasteiger partial charge in [-0.1, -0.05) is 327 Å². The molecule has 0 N–H and O–H groups in total. The van der Waals surface area contributed by atoms with Crippen LogP contribution in [0, 0.1) is 5.41 Å². The maximum Gasteiger partial charge on any atom is 0.252 e. The van der Waals surface area contributed by atoms with Crippen molar-refractivity contribution in [1.29, 1.82) is 0 Å². The Bertz CT molecular complexity index is 5770. The topological polar surface area (TPSA) is 16.3 Å². The van der Waals surface area contributed by atoms with Crippen molar-refractivity contribution in [2.24, 2.45) is 5.41 Å². The Kier molecular flexibility index (Phi) is 16.8. The van der Waals surface area contributed by atoms with E-state index in [9.17, 15) is 2.74 Å². The van der Waals surface area contributed by atoms with Crippen LogP contribution in [0.4, 0.5) is 34.1 Å². The van der Waals surface area contributed by atoms with Gasteiger partial charge in [-0.2, -0.15) is 0 Å². The maximum absolute atomic E-state index is 11.1. The van der Waals surface area contributed by atoms with E-state index < -0.39 is 18.5 Å². The predicted octanol–water partition coefficient (Wildman–Crippen LogP) is 28.0. The van der Waals surface area contributed by atoms with Crippen LogP contribution in [-0.4, -0.2) is 15.8 Å². The van der Waals surface area contributed by atoms with E-state index in [1.165, 1.54) is 54.9 Å². The number of hydrogen-bond acceptors (Lipinski definition) is 2. The lowest BCUT2D eigenvalue weighted by atomic mass is 9.33. The Morgan fingerprint density at radius 1 is 0.268 bits per heavy atom. The summed E-state index contributed by atoms with van der Waals surface area (Å²) in [6.07, 6.45) is -1.92. The molecule has 112 heavy (non-hydrogen) atoms. The average Bonchev–Trinajstić information content (AvgIpc) is 0.725. The quantitative estimate of drug-likeness (QED) is 0.134. The predicted molar refractivity (Wildman–Crippen MR) is 486 cm³/mol. The minimum atomic E-state index is -1.92. The molecule has 4 heterocycles. The smallest absolute Gasteiger partial charge is 0.252 e. The van der Waals surface area contributed by atoms with Gasteiger partial charge in [-0.05, 0) is 207 Å². The van der Waals surface area contributed by atoms with E-state index >= 15 is 0 Å². The second kappa shape index (κ2) is 26.4. The van der Waals surface area contributed by atoms with Gasteiger partial charge in [-0.15, -0.1) is 0 Å². The molecule has 0 bridgehead atoms. The zero-order valence-corrected chi connectivity index (χ0v) is 69.8. The zero-order valence-electron chi connectivity index (χ0n) is 71.8. The minimum Gasteiger partial charge on any atom is -0.310 e. The fourth-order valence-corrected chi connectivity index (χ4v) is 17.7. The third kappa shape index (κ3) is 12.9. The van der Waals surface area contributed by atoms with E-state index in [0.717, 1.165) is 128 Å². The standard InChI is InChI=1S/C107H109BN4/c1-101(2,3)66-67-54-96-98-97(55-67)112(100-86(70-36-32-40-74(58-70)104(10,11)12)62-77(107(19,20)21)63-87(100)71-37-33-41-75(59-71)105(13,14)15)95-65-79(110-92-48-28-24-44-82(92)83-45-25-29-49-93(83)110)51-53-89(95)108(98)88-52-50-78(109-90-46-26-22-42-80(90)81-43-23-27-47-91(81)109)64-94(88)111(96)99-84(68-34-30-38-72(56-68)102(4,5)6)60-76(106(16,17)18)61-85(99)69-35-31-39-73(57-69)103(7,8)9/h22-65H,66H2,1-21H3/i66D2. The molecule has 0 saturated carbocycles. The first-order chi connectivity index (χ1) is 53.7. The van der Waals surface area contributed by atoms with Gasteiger partial charge in [0.25, 0.3) is 6.71 Å². The third-order valence-electron chi connectivity index (χ3n) is 23.8. The number of nitrogens with zero attached hydrogens (tertiary/aromatic N) is 4. The van der Waals surface area contributed by atoms with Crippen LogP contribution in [0.2, 0.25) is 0 Å². The molecule has 2 aliphatic rings. The molecule has 0 amide bonds. The summed E-state index contributed by atoms with van der Waals surface area (Å²) in [6, 6.07) is 102. The third-order valence-corrected chi connectivity index (χ3v) is 23.8. The van der Waals surface area contributed by atoms with Gasteiger partial charge in [0.05, 0.1) is 33.4 Å². The SMILES string of the molecule is [2H]C([2H])(c1cc2c3c(c1)N(c1c(-c4cccc(C(C)(C)C)c4)cc(C(C)(C)C)cc1-c1cccc(C(C)(C)C)c1)c1cc(-n4c5ccccc5c5ccccc54)ccc1B3c1ccc(-n3c4ccccc4c4ccccc43)cc1N2c1c(-c2cccc(C(C)(C)C)c2)cc(C(C)(C)C)cc1-c1cccc(C(C)(C)C)c1)C(C)(C)C. The normalized spacial score (nSPS) is 14.0. The summed E-state index contributed by atoms with van der Waals surface area (Å²) in [6.45, 7) is 47.9. The fraction of sp³-hybridized carbons (Fsp3) is 0.271. The van der Waals surface area contributed by atoms with Gasteiger partial charge in [-0.25, -0.2) is 0 Å². The summed E-state index contributed by atoms with van der Waals surface area (Å²) in [4.78, 5) is 5.30. The number of fused-ring (bicyclic) bond motifs is 10. The molecule has 2 aliphatic heterocycles. The van der Waals surface area contributed by atoms with Gasteiger partial charge < -0.3 is 18.9 Å². The van der Waals surface area contributed by atoms with Crippen LogP contribution in [0.3, 0.4) is 0 Å². The number of aromatic nitrogens is 2. The Hall–Kier alpha value is -10.9. The molecule has 0 spiro atoms. The molecule has 17 rings (SSSR count). The molecule has 0 atom stereocenters. The lowest BCUT2D eigenvalue weighted by molar-refractivity contribution is 0.411. The van der Waals surface area contributed by atoms with Gasteiger partial charge in [-0.3, -0.25) is 0 Å². The first kappa shape index (κ1) is 71.4. The van der Waals surface area contributed by atoms with E-state index in [1.54, 1.807) is 0 Å². The van der Waals surface area contributed by atoms with Crippen molar-refractivity contribution in [3.63, 3.8) is 0 Å². The van der Waals surface area contributed by atoms with Gasteiger partial charge >= 0.3 is 0 Å². The fourth-order valence-electron chi connectivity index (χ4n) is 17.7. The summed E-state index contributed by atoms with van der Waals surface area (Å²) in [5.41, 5.74) is 30.6. The van der Waals surface area contributed by atoms with Crippen molar-refractivity contribution in [2.75, 3.05) is 9.80 Å². The molecular weight excluding hydrogens is 1350 g/mol. The molecule has 5 heteroatoms. The highest BCUT2D eigenvalue weighted by atomic mass is 15.2. The summed E-state index contributed by atoms with van der Waals surface area (Å²) in [7, 11) is 0. The average molecular weight is 1460 g/mol. The van der Waals surface area contributed by atoms with Crippen LogP contribution in [0.25, 0.3) is 99.5 Å². The molecule has 4 nitrogen and oxygen atoms in total. The summed E-state index contributed by atoms with van der Waals surface area (Å²) in [5, 5.41) is 4.76. The van der Waals surface area contributed by atoms with Crippen molar-refractivity contribution in [3.8, 4) is 55.9 Å². The first-order valence-corrected chi connectivity index (χ1v) is 40.6. The first-order valence-electron chi connectivity index (χ1n) is 41.6. The number of hydrogen-bond donors (Lipinski definition) is 0. The van der Waals surface area contributed by atoms with Crippen LogP contribution in [-0.2, 0) is 38.9 Å². The summed E-state index contributed by atoms with van der Waals surface area (Å²) in [5.74, 6) is 0. The molecule has 13 aromatic carbocycles. The van der Waals surface area contributed by atoms with Crippen LogP contribution in [0.15, 0.2) is 267 Å². The van der Waals surface area contributed by atoms with Crippen LogP contribution in [0.1, 0.15) is 187 Å². The second-order valence-electron chi connectivity index (χ2n) is 39.3. The molecule has 0 fully saturated rings. The lowest BCUT2D eigenvalue weighted by Crippen LogP contribution is -2.61. The number of anilines is 6. The van der Waals surface area contributed by atoms with Gasteiger partial charge in [0.1, 0.15) is 0 Å². The molecular formula is C107H109BN4. The van der Waals surface area contributed by atoms with Gasteiger partial charge in [0.15, 0.2) is 0 Å². The van der Waals surface area contributed by atoms with Gasteiger partial charge in [0, 0.05) is 80.7 Å². The highest BCUT2D eigenvalue weighted by Crippen LogP contribution is 2.56. The van der Waals surface area contributed by atoms with Crippen molar-refractivity contribution < 1.29 is 2.74 Å². The Balaban J connectivity index is 1.12. The minimum absolute atomic E-state index is 0.182. The van der Waals surface area contributed by atoms with Crippen LogP contribution >= 0.6 is 0 Å². The Morgan fingerprint density at radius 2 is 0.545 bits per heavy atom. The highest BCUT2D eigenvalue weighted by molar-refractivity contribution is 7.00. The lowest BCUT2D eigenvalue weighted by Gasteiger charge is -2.46. The molecule has 2 aromatic heterocycles. The van der Waals surface area contributed by atoms with E-state index in [4.69, 9.17) is 0 Å². The molecule has 0 unspecified atom stereocenters. The van der Waals surface area contributed by atoms with E-state index in [1.807, 2.05) is 0 Å². The van der Waals surface area contributed by atoms with Gasteiger partial charge in [0.2, 0.25) is 0 Å². The van der Waals surface area contributed by atoms with Crippen molar-refractivity contribution in [1.82, 2.24) is 9.13 Å². The van der Waals surface area contributed by atoms with E-state index in [2.05, 4.69) is 431 Å². The largest absolute Gasteiger partial charge is 0.310 e. The zero-order chi connectivity index (χ0) is 80.6.